The fourth-order valence-electron chi connectivity index (χ4n) is 1.62. The number of hydrogen-bond donors (Lipinski definition) is 2. The van der Waals surface area contributed by atoms with E-state index in [1.54, 1.807) is 20.8 Å². The fourth-order valence-corrected chi connectivity index (χ4v) is 1.62. The molecule has 0 heterocycles. The average molecular weight is 308 g/mol. The first kappa shape index (κ1) is 18.1. The molecule has 0 aliphatic carbocycles. The zero-order valence-corrected chi connectivity index (χ0v) is 13.3. The van der Waals surface area contributed by atoms with Gasteiger partial charge in [0, 0.05) is 0 Å². The normalized spacial score (nSPS) is 12.5. The molecule has 122 valence electrons. The standard InChI is InChI=1S/C16H24N2O4/c1-4-22-14(19)13(18-15(20)16(2,3)17)11-21-10-12-8-6-5-7-9-12/h5-9,13H,4,10-11,17H2,1-3H3,(H,18,20)/t13-/m0/s1. The zero-order chi connectivity index (χ0) is 16.6. The second kappa shape index (κ2) is 8.51. The monoisotopic (exact) mass is 308 g/mol. The van der Waals surface area contributed by atoms with Crippen LogP contribution in [0.25, 0.3) is 0 Å². The number of carbonyl (C=O) groups excluding carboxylic acids is 2. The number of nitrogens with two attached hydrogens (primary N) is 1. The largest absolute Gasteiger partial charge is 0.464 e. The maximum absolute atomic E-state index is 11.9. The third kappa shape index (κ3) is 6.24. The average Bonchev–Trinajstić information content (AvgIpc) is 2.46. The summed E-state index contributed by atoms with van der Waals surface area (Å²) in [7, 11) is 0. The Bertz CT molecular complexity index is 483. The molecule has 6 nitrogen and oxygen atoms in total. The van der Waals surface area contributed by atoms with Gasteiger partial charge in [0.1, 0.15) is 0 Å². The van der Waals surface area contributed by atoms with Crippen molar-refractivity contribution in [2.45, 2.75) is 39.0 Å². The minimum absolute atomic E-state index is 0.0234. The molecule has 0 bridgehead atoms. The van der Waals surface area contributed by atoms with Crippen LogP contribution in [0.5, 0.6) is 0 Å². The summed E-state index contributed by atoms with van der Waals surface area (Å²) in [6.45, 7) is 5.43. The molecule has 1 amide bonds. The van der Waals surface area contributed by atoms with Crippen molar-refractivity contribution in [3.63, 3.8) is 0 Å². The van der Waals surface area contributed by atoms with Crippen LogP contribution in [-0.4, -0.2) is 36.7 Å². The Kier molecular flexibility index (Phi) is 7.01. The van der Waals surface area contributed by atoms with Crippen molar-refractivity contribution < 1.29 is 19.1 Å². The van der Waals surface area contributed by atoms with E-state index in [0.29, 0.717) is 6.61 Å². The van der Waals surface area contributed by atoms with Gasteiger partial charge in [-0.3, -0.25) is 4.79 Å². The fraction of sp³-hybridized carbons (Fsp3) is 0.500. The van der Waals surface area contributed by atoms with Crippen molar-refractivity contribution in [1.82, 2.24) is 5.32 Å². The summed E-state index contributed by atoms with van der Waals surface area (Å²) in [5.41, 5.74) is 5.62. The van der Waals surface area contributed by atoms with Crippen LogP contribution >= 0.6 is 0 Å². The second-order valence-corrected chi connectivity index (χ2v) is 5.50. The molecule has 0 aliphatic heterocycles. The van der Waals surface area contributed by atoms with E-state index in [1.807, 2.05) is 30.3 Å². The molecule has 0 radical (unpaired) electrons. The molecule has 0 aromatic heterocycles. The summed E-state index contributed by atoms with van der Waals surface area (Å²) in [4.78, 5) is 23.8. The third-order valence-electron chi connectivity index (χ3n) is 2.86. The lowest BCUT2D eigenvalue weighted by Gasteiger charge is -2.23. The Morgan fingerprint density at radius 3 is 2.45 bits per heavy atom. The molecule has 0 spiro atoms. The Balaban J connectivity index is 2.58. The van der Waals surface area contributed by atoms with E-state index < -0.39 is 23.5 Å². The van der Waals surface area contributed by atoms with E-state index in [4.69, 9.17) is 15.2 Å². The van der Waals surface area contributed by atoms with Crippen LogP contribution in [0, 0.1) is 0 Å². The topological polar surface area (TPSA) is 90.6 Å². The van der Waals surface area contributed by atoms with E-state index in [1.165, 1.54) is 0 Å². The number of carbonyl (C=O) groups is 2. The molecule has 6 heteroatoms. The number of rotatable bonds is 8. The predicted molar refractivity (Wildman–Crippen MR) is 82.9 cm³/mol. The van der Waals surface area contributed by atoms with E-state index in [0.717, 1.165) is 5.56 Å². The maximum Gasteiger partial charge on any atom is 0.331 e. The lowest BCUT2D eigenvalue weighted by atomic mass is 10.1. The number of esters is 1. The van der Waals surface area contributed by atoms with Gasteiger partial charge in [0.05, 0.1) is 25.4 Å². The van der Waals surface area contributed by atoms with E-state index >= 15 is 0 Å². The summed E-state index contributed by atoms with van der Waals surface area (Å²) in [6.07, 6.45) is 0. The van der Waals surface area contributed by atoms with Gasteiger partial charge in [0.25, 0.3) is 0 Å². The first-order valence-corrected chi connectivity index (χ1v) is 7.22. The Morgan fingerprint density at radius 1 is 1.27 bits per heavy atom. The minimum Gasteiger partial charge on any atom is -0.464 e. The summed E-state index contributed by atoms with van der Waals surface area (Å²) < 4.78 is 10.5. The smallest absolute Gasteiger partial charge is 0.331 e. The first-order chi connectivity index (χ1) is 10.3. The van der Waals surface area contributed by atoms with Crippen LogP contribution in [0.3, 0.4) is 0 Å². The number of nitrogens with one attached hydrogen (secondary N) is 1. The van der Waals surface area contributed by atoms with Crippen molar-refractivity contribution in [2.24, 2.45) is 5.73 Å². The van der Waals surface area contributed by atoms with Gasteiger partial charge in [-0.25, -0.2) is 4.79 Å². The maximum atomic E-state index is 11.9. The van der Waals surface area contributed by atoms with Crippen molar-refractivity contribution in [2.75, 3.05) is 13.2 Å². The number of benzene rings is 1. The molecular weight excluding hydrogens is 284 g/mol. The minimum atomic E-state index is -1.08. The summed E-state index contributed by atoms with van der Waals surface area (Å²) in [5, 5.41) is 2.56. The molecule has 0 fully saturated rings. The molecule has 0 saturated carbocycles. The van der Waals surface area contributed by atoms with Crippen LogP contribution in [-0.2, 0) is 25.7 Å². The third-order valence-corrected chi connectivity index (χ3v) is 2.86. The molecule has 1 rings (SSSR count). The van der Waals surface area contributed by atoms with Crippen LogP contribution in [0.4, 0.5) is 0 Å². The summed E-state index contributed by atoms with van der Waals surface area (Å²) in [6, 6.07) is 8.68. The zero-order valence-electron chi connectivity index (χ0n) is 13.3. The van der Waals surface area contributed by atoms with Gasteiger partial charge in [0.15, 0.2) is 6.04 Å². The van der Waals surface area contributed by atoms with Gasteiger partial charge < -0.3 is 20.5 Å². The van der Waals surface area contributed by atoms with E-state index in [9.17, 15) is 9.59 Å². The van der Waals surface area contributed by atoms with E-state index in [-0.39, 0.29) is 13.2 Å². The molecule has 0 saturated heterocycles. The Hall–Kier alpha value is -1.92. The van der Waals surface area contributed by atoms with Gasteiger partial charge in [-0.15, -0.1) is 0 Å². The Morgan fingerprint density at radius 2 is 1.91 bits per heavy atom. The highest BCUT2D eigenvalue weighted by Crippen LogP contribution is 2.03. The van der Waals surface area contributed by atoms with Gasteiger partial charge in [-0.2, -0.15) is 0 Å². The van der Waals surface area contributed by atoms with Crippen LogP contribution < -0.4 is 11.1 Å². The number of hydrogen-bond acceptors (Lipinski definition) is 5. The lowest BCUT2D eigenvalue weighted by Crippen LogP contribution is -2.55. The van der Waals surface area contributed by atoms with Gasteiger partial charge in [-0.1, -0.05) is 30.3 Å². The van der Waals surface area contributed by atoms with Crippen LogP contribution in [0.1, 0.15) is 26.3 Å². The second-order valence-electron chi connectivity index (χ2n) is 5.50. The van der Waals surface area contributed by atoms with Crippen LogP contribution in [0.2, 0.25) is 0 Å². The van der Waals surface area contributed by atoms with Crippen molar-refractivity contribution in [3.8, 4) is 0 Å². The molecule has 0 unspecified atom stereocenters. The van der Waals surface area contributed by atoms with Gasteiger partial charge >= 0.3 is 5.97 Å². The van der Waals surface area contributed by atoms with Crippen molar-refractivity contribution >= 4 is 11.9 Å². The first-order valence-electron chi connectivity index (χ1n) is 7.22. The summed E-state index contributed by atoms with van der Waals surface area (Å²) >= 11 is 0. The Labute approximate surface area is 131 Å². The lowest BCUT2D eigenvalue weighted by molar-refractivity contribution is -0.149. The van der Waals surface area contributed by atoms with Crippen molar-refractivity contribution in [3.05, 3.63) is 35.9 Å². The van der Waals surface area contributed by atoms with Crippen LogP contribution in [0.15, 0.2) is 30.3 Å². The van der Waals surface area contributed by atoms with Crippen molar-refractivity contribution in [1.29, 1.82) is 0 Å². The molecule has 0 aliphatic rings. The number of amides is 1. The molecule has 3 N–H and O–H groups in total. The van der Waals surface area contributed by atoms with Gasteiger partial charge in [-0.05, 0) is 26.3 Å². The molecule has 22 heavy (non-hydrogen) atoms. The predicted octanol–water partition coefficient (Wildman–Crippen LogP) is 0.988. The summed E-state index contributed by atoms with van der Waals surface area (Å²) in [5.74, 6) is -0.970. The highest BCUT2D eigenvalue weighted by atomic mass is 16.5. The number of ether oxygens (including phenoxy) is 2. The SMILES string of the molecule is CCOC(=O)[C@H](COCc1ccccc1)NC(=O)C(C)(C)N. The molecule has 1 atom stereocenters. The molecule has 1 aromatic carbocycles. The quantitative estimate of drug-likeness (QED) is 0.699. The van der Waals surface area contributed by atoms with E-state index in [2.05, 4.69) is 5.32 Å². The molecule has 1 aromatic rings. The molecular formula is C16H24N2O4. The van der Waals surface area contributed by atoms with Gasteiger partial charge in [0.2, 0.25) is 5.91 Å². The highest BCUT2D eigenvalue weighted by molar-refractivity contribution is 5.89. The highest BCUT2D eigenvalue weighted by Gasteiger charge is 2.28.